The molecule has 0 saturated carbocycles. The van der Waals surface area contributed by atoms with Gasteiger partial charge in [-0.3, -0.25) is 4.79 Å². The Kier molecular flexibility index (Phi) is 2.24. The average Bonchev–Trinajstić information content (AvgIpc) is 2.48. The van der Waals surface area contributed by atoms with Crippen molar-refractivity contribution in [3.63, 3.8) is 0 Å². The van der Waals surface area contributed by atoms with Gasteiger partial charge < -0.3 is 0 Å². The van der Waals surface area contributed by atoms with Gasteiger partial charge in [-0.1, -0.05) is 34.1 Å². The van der Waals surface area contributed by atoms with Crippen LogP contribution in [0.4, 0.5) is 0 Å². The number of fused-ring (bicyclic) bond motifs is 1. The zero-order valence-electron chi connectivity index (χ0n) is 7.51. The van der Waals surface area contributed by atoms with E-state index in [0.29, 0.717) is 17.0 Å². The maximum atomic E-state index is 11.4. The third kappa shape index (κ3) is 1.44. The number of rotatable bonds is 1. The molecule has 0 spiro atoms. The van der Waals surface area contributed by atoms with Crippen LogP contribution in [0.15, 0.2) is 18.2 Å². The van der Waals surface area contributed by atoms with Crippen molar-refractivity contribution in [2.45, 2.75) is 24.6 Å². The highest BCUT2D eigenvalue weighted by Crippen LogP contribution is 2.32. The van der Waals surface area contributed by atoms with E-state index < -0.39 is 0 Å². The fourth-order valence-electron chi connectivity index (χ4n) is 1.89. The van der Waals surface area contributed by atoms with E-state index in [0.717, 1.165) is 12.0 Å². The Balaban J connectivity index is 2.57. The number of carbonyl (C=O) groups excluding carboxylic acids is 1. The summed E-state index contributed by atoms with van der Waals surface area (Å²) in [7, 11) is 0. The fourth-order valence-corrected chi connectivity index (χ4v) is 2.32. The molecule has 0 amide bonds. The summed E-state index contributed by atoms with van der Waals surface area (Å²) in [6, 6.07) is 6.00. The van der Waals surface area contributed by atoms with Crippen molar-refractivity contribution < 1.29 is 4.79 Å². The molecule has 0 heterocycles. The minimum Gasteiger partial charge on any atom is -0.294 e. The second-order valence-electron chi connectivity index (χ2n) is 3.41. The van der Waals surface area contributed by atoms with Crippen LogP contribution in [0.25, 0.3) is 0 Å². The molecule has 1 aliphatic rings. The molecule has 68 valence electrons. The third-order valence-corrected chi connectivity index (χ3v) is 3.04. The highest BCUT2D eigenvalue weighted by Gasteiger charge is 2.22. The van der Waals surface area contributed by atoms with E-state index in [-0.39, 0.29) is 0 Å². The molecule has 0 N–H and O–H groups in total. The van der Waals surface area contributed by atoms with Gasteiger partial charge >= 0.3 is 0 Å². The smallest absolute Gasteiger partial charge is 0.163 e. The zero-order valence-corrected chi connectivity index (χ0v) is 9.10. The summed E-state index contributed by atoms with van der Waals surface area (Å²) < 4.78 is 0. The van der Waals surface area contributed by atoms with E-state index in [4.69, 9.17) is 0 Å². The normalized spacial score (nSPS) is 17.2. The number of alkyl halides is 1. The lowest BCUT2D eigenvalue weighted by Gasteiger charge is -2.08. The van der Waals surface area contributed by atoms with Crippen LogP contribution in [-0.2, 0) is 6.42 Å². The van der Waals surface area contributed by atoms with Gasteiger partial charge in [0.2, 0.25) is 0 Å². The molecule has 1 aliphatic carbocycles. The molecule has 2 heteroatoms. The monoisotopic (exact) mass is 238 g/mol. The lowest BCUT2D eigenvalue weighted by Crippen LogP contribution is -1.95. The topological polar surface area (TPSA) is 17.1 Å². The lowest BCUT2D eigenvalue weighted by atomic mass is 10.0. The fraction of sp³-hybridized carbons (Fsp3) is 0.364. The molecular formula is C11H11BrO. The van der Waals surface area contributed by atoms with Crippen LogP contribution in [0.1, 0.15) is 39.7 Å². The number of benzene rings is 1. The van der Waals surface area contributed by atoms with Gasteiger partial charge in [-0.2, -0.15) is 0 Å². The number of hydrogen-bond acceptors (Lipinski definition) is 1. The van der Waals surface area contributed by atoms with Crippen LogP contribution in [0.5, 0.6) is 0 Å². The van der Waals surface area contributed by atoms with Crippen molar-refractivity contribution >= 4 is 21.7 Å². The minimum atomic E-state index is 0.296. The van der Waals surface area contributed by atoms with E-state index in [9.17, 15) is 4.79 Å². The number of carbonyl (C=O) groups is 1. The highest BCUT2D eigenvalue weighted by atomic mass is 79.9. The molecule has 2 rings (SSSR count). The number of ketones is 1. The van der Waals surface area contributed by atoms with Crippen LogP contribution >= 0.6 is 15.9 Å². The Labute approximate surface area is 86.3 Å². The highest BCUT2D eigenvalue weighted by molar-refractivity contribution is 9.09. The van der Waals surface area contributed by atoms with Gasteiger partial charge in [0.05, 0.1) is 0 Å². The molecular weight excluding hydrogens is 228 g/mol. The van der Waals surface area contributed by atoms with Crippen molar-refractivity contribution in [1.29, 1.82) is 0 Å². The summed E-state index contributed by atoms with van der Waals surface area (Å²) in [5.41, 5.74) is 3.45. The SMILES string of the molecule is CC(Br)c1cccc2c1CCC2=O. The predicted molar refractivity (Wildman–Crippen MR) is 56.4 cm³/mol. The Morgan fingerprint density at radius 2 is 2.15 bits per heavy atom. The molecule has 0 fully saturated rings. The van der Waals surface area contributed by atoms with E-state index in [1.807, 2.05) is 12.1 Å². The van der Waals surface area contributed by atoms with Gasteiger partial charge in [-0.05, 0) is 24.5 Å². The summed E-state index contributed by atoms with van der Waals surface area (Å²) in [5, 5.41) is 0. The summed E-state index contributed by atoms with van der Waals surface area (Å²) >= 11 is 3.54. The van der Waals surface area contributed by atoms with Gasteiger partial charge in [-0.25, -0.2) is 0 Å². The first-order valence-corrected chi connectivity index (χ1v) is 5.41. The molecule has 1 unspecified atom stereocenters. The molecule has 0 aliphatic heterocycles. The van der Waals surface area contributed by atoms with E-state index >= 15 is 0 Å². The molecule has 1 aromatic rings. The van der Waals surface area contributed by atoms with Crippen LogP contribution in [-0.4, -0.2) is 5.78 Å². The summed E-state index contributed by atoms with van der Waals surface area (Å²) in [5.74, 6) is 0.296. The molecule has 1 nitrogen and oxygen atoms in total. The van der Waals surface area contributed by atoms with Crippen LogP contribution in [0, 0.1) is 0 Å². The van der Waals surface area contributed by atoms with E-state index in [1.165, 1.54) is 11.1 Å². The molecule has 0 radical (unpaired) electrons. The maximum absolute atomic E-state index is 11.4. The maximum Gasteiger partial charge on any atom is 0.163 e. The van der Waals surface area contributed by atoms with Gasteiger partial charge in [0.1, 0.15) is 0 Å². The molecule has 1 aromatic carbocycles. The van der Waals surface area contributed by atoms with Crippen molar-refractivity contribution in [1.82, 2.24) is 0 Å². The number of Topliss-reactive ketones (excluding diaryl/α,β-unsaturated/α-hetero) is 1. The van der Waals surface area contributed by atoms with Crippen LogP contribution in [0.2, 0.25) is 0 Å². The van der Waals surface area contributed by atoms with E-state index in [2.05, 4.69) is 28.9 Å². The van der Waals surface area contributed by atoms with Gasteiger partial charge in [0, 0.05) is 16.8 Å². The zero-order chi connectivity index (χ0) is 9.42. The Hall–Kier alpha value is -0.630. The Bertz CT molecular complexity index is 355. The molecule has 0 bridgehead atoms. The van der Waals surface area contributed by atoms with Gasteiger partial charge in [0.25, 0.3) is 0 Å². The van der Waals surface area contributed by atoms with Crippen molar-refractivity contribution in [3.8, 4) is 0 Å². The standard InChI is InChI=1S/C11H11BrO/c1-7(12)8-3-2-4-10-9(8)5-6-11(10)13/h2-4,7H,5-6H2,1H3. The predicted octanol–water partition coefficient (Wildman–Crippen LogP) is 3.27. The summed E-state index contributed by atoms with van der Waals surface area (Å²) in [6.07, 6.45) is 1.60. The van der Waals surface area contributed by atoms with Crippen molar-refractivity contribution in [2.75, 3.05) is 0 Å². The quantitative estimate of drug-likeness (QED) is 0.687. The summed E-state index contributed by atoms with van der Waals surface area (Å²) in [6.45, 7) is 2.10. The minimum absolute atomic E-state index is 0.296. The molecule has 0 saturated heterocycles. The van der Waals surface area contributed by atoms with Gasteiger partial charge in [-0.15, -0.1) is 0 Å². The van der Waals surface area contributed by atoms with Crippen molar-refractivity contribution in [3.05, 3.63) is 34.9 Å². The van der Waals surface area contributed by atoms with Gasteiger partial charge in [0.15, 0.2) is 5.78 Å². The number of halogens is 1. The Morgan fingerprint density at radius 3 is 2.85 bits per heavy atom. The summed E-state index contributed by atoms with van der Waals surface area (Å²) in [4.78, 5) is 11.8. The average molecular weight is 239 g/mol. The van der Waals surface area contributed by atoms with Crippen molar-refractivity contribution in [2.24, 2.45) is 0 Å². The van der Waals surface area contributed by atoms with E-state index in [1.54, 1.807) is 0 Å². The van der Waals surface area contributed by atoms with Crippen LogP contribution < -0.4 is 0 Å². The largest absolute Gasteiger partial charge is 0.294 e. The molecule has 0 aromatic heterocycles. The first kappa shape index (κ1) is 8.95. The second kappa shape index (κ2) is 3.26. The first-order valence-electron chi connectivity index (χ1n) is 4.49. The van der Waals surface area contributed by atoms with Crippen LogP contribution in [0.3, 0.4) is 0 Å². The molecule has 13 heavy (non-hydrogen) atoms. The molecule has 1 atom stereocenters. The third-order valence-electron chi connectivity index (χ3n) is 2.54. The Morgan fingerprint density at radius 1 is 1.38 bits per heavy atom. The second-order valence-corrected chi connectivity index (χ2v) is 4.79. The number of hydrogen-bond donors (Lipinski definition) is 0. The first-order chi connectivity index (χ1) is 6.20. The lowest BCUT2D eigenvalue weighted by molar-refractivity contribution is 0.0994.